The van der Waals surface area contributed by atoms with E-state index in [0.717, 1.165) is 12.2 Å². The fourth-order valence-corrected chi connectivity index (χ4v) is 2.37. The third kappa shape index (κ3) is 4.62. The van der Waals surface area contributed by atoms with E-state index >= 15 is 0 Å². The molecule has 1 aromatic heterocycles. The molecule has 0 radical (unpaired) electrons. The van der Waals surface area contributed by atoms with Gasteiger partial charge < -0.3 is 19.4 Å². The van der Waals surface area contributed by atoms with E-state index in [-0.39, 0.29) is 12.2 Å². The van der Waals surface area contributed by atoms with Crippen molar-refractivity contribution in [2.45, 2.75) is 26.8 Å². The molecule has 0 unspecified atom stereocenters. The summed E-state index contributed by atoms with van der Waals surface area (Å²) in [5, 5.41) is 2.70. The first-order valence-corrected chi connectivity index (χ1v) is 7.87. The average molecular weight is 330 g/mol. The summed E-state index contributed by atoms with van der Waals surface area (Å²) in [5.41, 5.74) is 2.03. The van der Waals surface area contributed by atoms with Crippen LogP contribution in [0.3, 0.4) is 0 Å². The predicted octanol–water partition coefficient (Wildman–Crippen LogP) is 3.31. The van der Waals surface area contributed by atoms with E-state index in [2.05, 4.69) is 31.0 Å². The van der Waals surface area contributed by atoms with Crippen LogP contribution in [0.1, 0.15) is 31.1 Å². The standard InChI is InChI=1S/C18H22N2O4/c1-4-20(13(2)3)16-7-5-15(6-8-16)19-17(21)12-24-18(22)14-9-10-23-11-14/h5-11,13H,4,12H2,1-3H3,(H,19,21). The Labute approximate surface area is 141 Å². The average Bonchev–Trinajstić information content (AvgIpc) is 3.09. The molecule has 2 rings (SSSR count). The highest BCUT2D eigenvalue weighted by atomic mass is 16.5. The lowest BCUT2D eigenvalue weighted by atomic mass is 10.2. The van der Waals surface area contributed by atoms with Gasteiger partial charge in [0.2, 0.25) is 0 Å². The number of carbonyl (C=O) groups is 2. The van der Waals surface area contributed by atoms with Crippen molar-refractivity contribution < 1.29 is 18.7 Å². The summed E-state index contributed by atoms with van der Waals surface area (Å²) in [6.07, 6.45) is 2.64. The van der Waals surface area contributed by atoms with Gasteiger partial charge in [0.05, 0.1) is 11.8 Å². The lowest BCUT2D eigenvalue weighted by molar-refractivity contribution is -0.119. The van der Waals surface area contributed by atoms with Crippen LogP contribution in [0.25, 0.3) is 0 Å². The van der Waals surface area contributed by atoms with E-state index < -0.39 is 11.9 Å². The molecular weight excluding hydrogens is 308 g/mol. The van der Waals surface area contributed by atoms with Crippen molar-refractivity contribution in [2.75, 3.05) is 23.4 Å². The molecule has 128 valence electrons. The Balaban J connectivity index is 1.86. The predicted molar refractivity (Wildman–Crippen MR) is 92.2 cm³/mol. The monoisotopic (exact) mass is 330 g/mol. The Morgan fingerprint density at radius 3 is 2.46 bits per heavy atom. The molecule has 0 fully saturated rings. The molecule has 0 aliphatic heterocycles. The molecule has 0 saturated heterocycles. The molecule has 0 bridgehead atoms. The molecule has 1 amide bonds. The van der Waals surface area contributed by atoms with Gasteiger partial charge in [-0.05, 0) is 51.1 Å². The molecule has 0 saturated carbocycles. The van der Waals surface area contributed by atoms with Crippen LogP contribution in [0.15, 0.2) is 47.3 Å². The normalized spacial score (nSPS) is 10.5. The summed E-state index contributed by atoms with van der Waals surface area (Å²) >= 11 is 0. The Morgan fingerprint density at radius 1 is 1.21 bits per heavy atom. The quantitative estimate of drug-likeness (QED) is 0.789. The lowest BCUT2D eigenvalue weighted by Crippen LogP contribution is -2.30. The highest BCUT2D eigenvalue weighted by Gasteiger charge is 2.12. The van der Waals surface area contributed by atoms with Crippen molar-refractivity contribution in [1.82, 2.24) is 0 Å². The fourth-order valence-electron chi connectivity index (χ4n) is 2.37. The number of nitrogens with zero attached hydrogens (tertiary/aromatic N) is 1. The maximum absolute atomic E-state index is 11.8. The van der Waals surface area contributed by atoms with Crippen LogP contribution in [0.4, 0.5) is 11.4 Å². The summed E-state index contributed by atoms with van der Waals surface area (Å²) < 4.78 is 9.70. The molecule has 0 atom stereocenters. The highest BCUT2D eigenvalue weighted by molar-refractivity contribution is 5.95. The van der Waals surface area contributed by atoms with Crippen LogP contribution in [-0.2, 0) is 9.53 Å². The van der Waals surface area contributed by atoms with Gasteiger partial charge in [0.15, 0.2) is 6.61 Å². The molecular formula is C18H22N2O4. The van der Waals surface area contributed by atoms with Crippen molar-refractivity contribution in [3.63, 3.8) is 0 Å². The molecule has 0 aliphatic carbocycles. The molecule has 6 heteroatoms. The van der Waals surface area contributed by atoms with Gasteiger partial charge in [-0.2, -0.15) is 0 Å². The van der Waals surface area contributed by atoms with Gasteiger partial charge >= 0.3 is 5.97 Å². The summed E-state index contributed by atoms with van der Waals surface area (Å²) in [4.78, 5) is 25.7. The van der Waals surface area contributed by atoms with Crippen LogP contribution in [0, 0.1) is 0 Å². The van der Waals surface area contributed by atoms with Crippen molar-refractivity contribution in [3.8, 4) is 0 Å². The first-order chi connectivity index (χ1) is 11.5. The highest BCUT2D eigenvalue weighted by Crippen LogP contribution is 2.19. The summed E-state index contributed by atoms with van der Waals surface area (Å²) in [7, 11) is 0. The first kappa shape index (κ1) is 17.6. The first-order valence-electron chi connectivity index (χ1n) is 7.87. The zero-order valence-electron chi connectivity index (χ0n) is 14.1. The van der Waals surface area contributed by atoms with Crippen molar-refractivity contribution in [2.24, 2.45) is 0 Å². The van der Waals surface area contributed by atoms with E-state index in [9.17, 15) is 9.59 Å². The van der Waals surface area contributed by atoms with Crippen LogP contribution >= 0.6 is 0 Å². The number of carbonyl (C=O) groups excluding carboxylic acids is 2. The van der Waals surface area contributed by atoms with Gasteiger partial charge in [-0.15, -0.1) is 0 Å². The smallest absolute Gasteiger partial charge is 0.341 e. The van der Waals surface area contributed by atoms with Gasteiger partial charge in [0.1, 0.15) is 6.26 Å². The minimum Gasteiger partial charge on any atom is -0.472 e. The number of benzene rings is 1. The third-order valence-corrected chi connectivity index (χ3v) is 3.54. The number of hydrogen-bond acceptors (Lipinski definition) is 5. The van der Waals surface area contributed by atoms with Crippen molar-refractivity contribution in [3.05, 3.63) is 48.4 Å². The second-order valence-corrected chi connectivity index (χ2v) is 5.56. The molecule has 1 aromatic carbocycles. The van der Waals surface area contributed by atoms with Gasteiger partial charge in [-0.3, -0.25) is 4.79 Å². The summed E-state index contributed by atoms with van der Waals surface area (Å²) in [5.74, 6) is -0.986. The maximum Gasteiger partial charge on any atom is 0.341 e. The number of ether oxygens (including phenoxy) is 1. The number of amides is 1. The number of anilines is 2. The van der Waals surface area contributed by atoms with Crippen molar-refractivity contribution in [1.29, 1.82) is 0 Å². The van der Waals surface area contributed by atoms with E-state index in [1.165, 1.54) is 18.6 Å². The van der Waals surface area contributed by atoms with Crippen LogP contribution < -0.4 is 10.2 Å². The lowest BCUT2D eigenvalue weighted by Gasteiger charge is -2.27. The third-order valence-electron chi connectivity index (χ3n) is 3.54. The minimum atomic E-state index is -0.593. The SMILES string of the molecule is CCN(c1ccc(NC(=O)COC(=O)c2ccoc2)cc1)C(C)C. The second kappa shape index (κ2) is 8.19. The zero-order valence-corrected chi connectivity index (χ0v) is 14.1. The van der Waals surface area contributed by atoms with E-state index in [1.807, 2.05) is 24.3 Å². The van der Waals surface area contributed by atoms with Crippen LogP contribution in [0.2, 0.25) is 0 Å². The van der Waals surface area contributed by atoms with Gasteiger partial charge in [0.25, 0.3) is 5.91 Å². The number of nitrogens with one attached hydrogen (secondary N) is 1. The number of furan rings is 1. The minimum absolute atomic E-state index is 0.278. The zero-order chi connectivity index (χ0) is 17.5. The Morgan fingerprint density at radius 2 is 1.92 bits per heavy atom. The van der Waals surface area contributed by atoms with Gasteiger partial charge in [0, 0.05) is 24.0 Å². The fraction of sp³-hybridized carbons (Fsp3) is 0.333. The van der Waals surface area contributed by atoms with Gasteiger partial charge in [-0.1, -0.05) is 0 Å². The molecule has 6 nitrogen and oxygen atoms in total. The number of rotatable bonds is 7. The van der Waals surface area contributed by atoms with Crippen molar-refractivity contribution >= 4 is 23.3 Å². The summed E-state index contributed by atoms with van der Waals surface area (Å²) in [6, 6.07) is 9.45. The Hall–Kier alpha value is -2.76. The van der Waals surface area contributed by atoms with Gasteiger partial charge in [-0.25, -0.2) is 4.79 Å². The number of esters is 1. The topological polar surface area (TPSA) is 71.8 Å². The molecule has 0 aliphatic rings. The molecule has 0 spiro atoms. The Bertz CT molecular complexity index is 663. The maximum atomic E-state index is 11.8. The number of hydrogen-bond donors (Lipinski definition) is 1. The van der Waals surface area contributed by atoms with Crippen LogP contribution in [-0.4, -0.2) is 31.1 Å². The molecule has 2 aromatic rings. The molecule has 1 N–H and O–H groups in total. The largest absolute Gasteiger partial charge is 0.472 e. The van der Waals surface area contributed by atoms with E-state index in [4.69, 9.17) is 9.15 Å². The molecule has 1 heterocycles. The molecule has 24 heavy (non-hydrogen) atoms. The van der Waals surface area contributed by atoms with E-state index in [1.54, 1.807) is 0 Å². The second-order valence-electron chi connectivity index (χ2n) is 5.56. The summed E-state index contributed by atoms with van der Waals surface area (Å²) in [6.45, 7) is 6.93. The Kier molecular flexibility index (Phi) is 6.01. The van der Waals surface area contributed by atoms with E-state index in [0.29, 0.717) is 11.7 Å². The van der Waals surface area contributed by atoms with Crippen LogP contribution in [0.5, 0.6) is 0 Å².